The monoisotopic (exact) mass is 584 g/mol. The minimum absolute atomic E-state index is 0.264. The van der Waals surface area contributed by atoms with Gasteiger partial charge in [0, 0.05) is 0 Å². The van der Waals surface area contributed by atoms with E-state index in [1.807, 2.05) is 12.1 Å². The summed E-state index contributed by atoms with van der Waals surface area (Å²) in [5, 5.41) is 5.58. The van der Waals surface area contributed by atoms with E-state index in [2.05, 4.69) is 14.9 Å². The lowest BCUT2D eigenvalue weighted by molar-refractivity contribution is -0.146. The van der Waals surface area contributed by atoms with Crippen LogP contribution < -0.4 is 19.2 Å². The van der Waals surface area contributed by atoms with Crippen LogP contribution in [0.15, 0.2) is 60.7 Å². The van der Waals surface area contributed by atoms with E-state index < -0.39 is 38.6 Å². The van der Waals surface area contributed by atoms with Crippen molar-refractivity contribution in [2.75, 3.05) is 14.2 Å². The Kier molecular flexibility index (Phi) is 13.4. The van der Waals surface area contributed by atoms with Gasteiger partial charge in [-0.05, 0) is 45.0 Å². The number of nitrogens with one attached hydrogen (secondary N) is 2. The van der Waals surface area contributed by atoms with Crippen molar-refractivity contribution in [3.63, 3.8) is 0 Å². The Morgan fingerprint density at radius 3 is 1.49 bits per heavy atom. The van der Waals surface area contributed by atoms with E-state index in [4.69, 9.17) is 13.8 Å². The second-order valence-corrected chi connectivity index (χ2v) is 15.1. The first-order valence-electron chi connectivity index (χ1n) is 12.5. The lowest BCUT2D eigenvalue weighted by Gasteiger charge is -2.31. The van der Waals surface area contributed by atoms with Gasteiger partial charge in [0.05, 0.1) is 25.5 Å². The van der Waals surface area contributed by atoms with Crippen LogP contribution in [0.2, 0.25) is 0 Å². The fraction of sp³-hybridized carbons (Fsp3) is 0.481. The Bertz CT molecular complexity index is 1140. The molecular weight excluding hydrogens is 542 g/mol. The maximum atomic E-state index is 13.0. The molecule has 2 aromatic carbocycles. The minimum Gasteiger partial charge on any atom is -0.468 e. The number of benzene rings is 2. The SMILES string of the molecule is COC(=O)C(C)(C)NP(=O)(Oc1ccccc1)C(C)C.COC(=O)C(C)NP(=O)(Oc1ccccc1)C(C)C. The second-order valence-electron chi connectivity index (χ2n) is 9.79. The number of esters is 2. The summed E-state index contributed by atoms with van der Waals surface area (Å²) in [5.41, 5.74) is -1.64. The average Bonchev–Trinajstić information content (AvgIpc) is 2.88. The molecule has 0 saturated heterocycles. The van der Waals surface area contributed by atoms with Gasteiger partial charge in [0.25, 0.3) is 0 Å². The lowest BCUT2D eigenvalue weighted by atomic mass is 10.1. The van der Waals surface area contributed by atoms with Crippen LogP contribution in [0.25, 0.3) is 0 Å². The third-order valence-electron chi connectivity index (χ3n) is 5.39. The van der Waals surface area contributed by atoms with E-state index in [0.717, 1.165) is 0 Å². The first kappa shape index (κ1) is 34.4. The van der Waals surface area contributed by atoms with Crippen LogP contribution in [0.3, 0.4) is 0 Å². The molecule has 0 saturated carbocycles. The van der Waals surface area contributed by atoms with Crippen molar-refractivity contribution in [1.82, 2.24) is 10.2 Å². The van der Waals surface area contributed by atoms with Crippen molar-refractivity contribution in [2.24, 2.45) is 0 Å². The number of carbonyl (C=O) groups excluding carboxylic acids is 2. The molecule has 0 heterocycles. The zero-order valence-corrected chi connectivity index (χ0v) is 26.0. The van der Waals surface area contributed by atoms with Crippen molar-refractivity contribution in [3.05, 3.63) is 60.7 Å². The van der Waals surface area contributed by atoms with Gasteiger partial charge >= 0.3 is 27.0 Å². The van der Waals surface area contributed by atoms with Crippen LogP contribution in [-0.2, 0) is 28.2 Å². The summed E-state index contributed by atoms with van der Waals surface area (Å²) in [7, 11) is -3.85. The number of hydrogen-bond acceptors (Lipinski definition) is 8. The zero-order valence-electron chi connectivity index (χ0n) is 24.2. The van der Waals surface area contributed by atoms with Crippen LogP contribution in [0.5, 0.6) is 11.5 Å². The second kappa shape index (κ2) is 15.2. The molecule has 0 bridgehead atoms. The van der Waals surface area contributed by atoms with Crippen molar-refractivity contribution >= 4 is 27.0 Å². The fourth-order valence-electron chi connectivity index (χ4n) is 3.00. The molecular formula is C27H42N2O8P2. The summed E-state index contributed by atoms with van der Waals surface area (Å²) in [4.78, 5) is 23.1. The lowest BCUT2D eigenvalue weighted by Crippen LogP contribution is -2.47. The van der Waals surface area contributed by atoms with Gasteiger partial charge in [-0.15, -0.1) is 0 Å². The van der Waals surface area contributed by atoms with Crippen LogP contribution >= 0.6 is 15.0 Å². The molecule has 39 heavy (non-hydrogen) atoms. The smallest absolute Gasteiger partial charge is 0.325 e. The van der Waals surface area contributed by atoms with Gasteiger partial charge in [-0.25, -0.2) is 10.2 Å². The fourth-order valence-corrected chi connectivity index (χ4v) is 6.47. The van der Waals surface area contributed by atoms with Crippen molar-refractivity contribution in [3.8, 4) is 11.5 Å². The molecule has 12 heteroatoms. The summed E-state index contributed by atoms with van der Waals surface area (Å²) in [6.45, 7) is 11.9. The third-order valence-corrected chi connectivity index (χ3v) is 10.7. The predicted octanol–water partition coefficient (Wildman–Crippen LogP) is 6.03. The van der Waals surface area contributed by atoms with E-state index in [-0.39, 0.29) is 11.3 Å². The topological polar surface area (TPSA) is 129 Å². The third kappa shape index (κ3) is 10.8. The zero-order chi connectivity index (χ0) is 29.9. The Labute approximate surface area is 232 Å². The largest absolute Gasteiger partial charge is 0.468 e. The molecule has 2 rings (SSSR count). The average molecular weight is 585 g/mol. The number of ether oxygens (including phenoxy) is 2. The molecule has 2 N–H and O–H groups in total. The van der Waals surface area contributed by atoms with E-state index in [0.29, 0.717) is 11.5 Å². The van der Waals surface area contributed by atoms with Gasteiger partial charge in [-0.1, -0.05) is 64.1 Å². The van der Waals surface area contributed by atoms with Gasteiger partial charge < -0.3 is 18.5 Å². The van der Waals surface area contributed by atoms with Crippen molar-refractivity contribution in [2.45, 2.75) is 71.4 Å². The highest BCUT2D eigenvalue weighted by molar-refractivity contribution is 7.58. The Hall–Kier alpha value is -2.64. The first-order valence-corrected chi connectivity index (χ1v) is 15.9. The summed E-state index contributed by atoms with van der Waals surface area (Å²) in [5.74, 6) is 0.0365. The maximum Gasteiger partial charge on any atom is 0.325 e. The van der Waals surface area contributed by atoms with Crippen molar-refractivity contribution in [1.29, 1.82) is 0 Å². The number of rotatable bonds is 12. The van der Waals surface area contributed by atoms with Crippen LogP contribution in [0.1, 0.15) is 48.5 Å². The Morgan fingerprint density at radius 1 is 0.718 bits per heavy atom. The highest BCUT2D eigenvalue weighted by Crippen LogP contribution is 2.50. The molecule has 0 fully saturated rings. The van der Waals surface area contributed by atoms with Crippen LogP contribution in [0, 0.1) is 0 Å². The molecule has 2 aromatic rings. The van der Waals surface area contributed by atoms with E-state index in [1.54, 1.807) is 97.0 Å². The summed E-state index contributed by atoms with van der Waals surface area (Å²) < 4.78 is 46.3. The highest BCUT2D eigenvalue weighted by Gasteiger charge is 2.40. The minimum atomic E-state index is -3.25. The standard InChI is InChI=1S/C14H22NO4P.C13H20NO4P/c1-11(2)20(17,15-14(3,4)13(16)18-5)19-12-9-7-6-8-10-12;1-10(2)19(16,14-11(3)13(15)17-4)18-12-8-6-5-7-9-12/h6-11H,1-5H3,(H,15,17);5-11H,1-4H3,(H,14,16). The Balaban J connectivity index is 0.000000391. The van der Waals surface area contributed by atoms with Gasteiger partial charge in [0.2, 0.25) is 0 Å². The molecule has 0 spiro atoms. The molecule has 0 amide bonds. The van der Waals surface area contributed by atoms with Gasteiger partial charge in [0.15, 0.2) is 0 Å². The molecule has 10 nitrogen and oxygen atoms in total. The molecule has 0 radical (unpaired) electrons. The normalized spacial score (nSPS) is 15.2. The molecule has 0 aromatic heterocycles. The van der Waals surface area contributed by atoms with Crippen molar-refractivity contribution < 1.29 is 37.2 Å². The molecule has 0 aliphatic rings. The predicted molar refractivity (Wildman–Crippen MR) is 153 cm³/mol. The quantitative estimate of drug-likeness (QED) is 0.225. The van der Waals surface area contributed by atoms with Gasteiger partial charge in [-0.3, -0.25) is 18.7 Å². The van der Waals surface area contributed by atoms with E-state index >= 15 is 0 Å². The Morgan fingerprint density at radius 2 is 1.13 bits per heavy atom. The van der Waals surface area contributed by atoms with Gasteiger partial charge in [0.1, 0.15) is 23.1 Å². The summed E-state index contributed by atoms with van der Waals surface area (Å²) in [6, 6.07) is 17.1. The van der Waals surface area contributed by atoms with E-state index in [1.165, 1.54) is 14.2 Å². The van der Waals surface area contributed by atoms with Crippen LogP contribution in [0.4, 0.5) is 0 Å². The number of carbonyl (C=O) groups is 2. The summed E-state index contributed by atoms with van der Waals surface area (Å²) >= 11 is 0. The summed E-state index contributed by atoms with van der Waals surface area (Å²) in [6.07, 6.45) is 0. The number of para-hydroxylation sites is 2. The highest BCUT2D eigenvalue weighted by atomic mass is 31.2. The molecule has 3 unspecified atom stereocenters. The van der Waals surface area contributed by atoms with Crippen LogP contribution in [-0.4, -0.2) is 49.1 Å². The first-order chi connectivity index (χ1) is 18.1. The molecule has 0 aliphatic carbocycles. The number of hydrogen-bond donors (Lipinski definition) is 2. The maximum absolute atomic E-state index is 13.0. The van der Waals surface area contributed by atoms with E-state index in [9.17, 15) is 18.7 Å². The molecule has 3 atom stereocenters. The molecule has 218 valence electrons. The number of methoxy groups -OCH3 is 2. The van der Waals surface area contributed by atoms with Gasteiger partial charge in [-0.2, -0.15) is 0 Å². The molecule has 0 aliphatic heterocycles.